The molecule has 2 atom stereocenters. The zero-order valence-electron chi connectivity index (χ0n) is 19.9. The molecule has 34 heavy (non-hydrogen) atoms. The molecule has 1 spiro atoms. The molecule has 0 bridgehead atoms. The second kappa shape index (κ2) is 9.22. The minimum absolute atomic E-state index is 0.00709. The summed E-state index contributed by atoms with van der Waals surface area (Å²) >= 11 is 0. The molecule has 1 aliphatic heterocycles. The molecule has 1 N–H and O–H groups in total. The van der Waals surface area contributed by atoms with Gasteiger partial charge in [-0.3, -0.25) is 9.59 Å². The number of nitrogens with zero attached hydrogens (tertiary/aromatic N) is 3. The third-order valence-electron chi connectivity index (χ3n) is 7.67. The fourth-order valence-corrected chi connectivity index (χ4v) is 5.46. The summed E-state index contributed by atoms with van der Waals surface area (Å²) in [7, 11) is 3.60. The monoisotopic (exact) mass is 460 g/mol. The van der Waals surface area contributed by atoms with E-state index < -0.39 is 6.10 Å². The molecule has 2 amide bonds. The summed E-state index contributed by atoms with van der Waals surface area (Å²) in [6, 6.07) is 17.7. The van der Waals surface area contributed by atoms with Crippen LogP contribution in [-0.4, -0.2) is 53.0 Å². The predicted molar refractivity (Wildman–Crippen MR) is 130 cm³/mol. The Balaban J connectivity index is 1.11. The lowest BCUT2D eigenvalue weighted by Crippen LogP contribution is -2.43. The van der Waals surface area contributed by atoms with Crippen molar-refractivity contribution in [3.05, 3.63) is 66.0 Å². The van der Waals surface area contributed by atoms with Crippen LogP contribution in [0.4, 0.5) is 0 Å². The number of aromatic nitrogens is 2. The molecule has 2 aromatic carbocycles. The largest absolute Gasteiger partial charge is 0.367 e. The van der Waals surface area contributed by atoms with Crippen LogP contribution in [0.1, 0.15) is 36.8 Å². The van der Waals surface area contributed by atoms with Crippen molar-refractivity contribution in [1.29, 1.82) is 0 Å². The molecule has 2 fully saturated rings. The zero-order chi connectivity index (χ0) is 23.7. The number of aryl methyl sites for hydroxylation is 1. The molecule has 1 saturated carbocycles. The quantitative estimate of drug-likeness (QED) is 0.587. The molecule has 3 aromatic rings. The smallest absolute Gasteiger partial charge is 0.256 e. The van der Waals surface area contributed by atoms with Gasteiger partial charge in [0.2, 0.25) is 5.91 Å². The lowest BCUT2D eigenvalue weighted by Gasteiger charge is -2.34. The van der Waals surface area contributed by atoms with E-state index in [2.05, 4.69) is 20.9 Å². The van der Waals surface area contributed by atoms with Crippen molar-refractivity contribution in [3.63, 3.8) is 0 Å². The van der Waals surface area contributed by atoms with Gasteiger partial charge in [0.05, 0.1) is 11.0 Å². The van der Waals surface area contributed by atoms with Crippen LogP contribution in [0.3, 0.4) is 0 Å². The number of ether oxygens (including phenoxy) is 1. The molecule has 1 aliphatic carbocycles. The van der Waals surface area contributed by atoms with Gasteiger partial charge in [0, 0.05) is 46.1 Å². The van der Waals surface area contributed by atoms with Gasteiger partial charge in [-0.05, 0) is 42.4 Å². The van der Waals surface area contributed by atoms with Crippen molar-refractivity contribution >= 4 is 22.8 Å². The maximum Gasteiger partial charge on any atom is 0.256 e. The number of likely N-dealkylation sites (tertiary alicyclic amines) is 1. The first-order chi connectivity index (χ1) is 16.5. The van der Waals surface area contributed by atoms with E-state index in [9.17, 15) is 9.59 Å². The highest BCUT2D eigenvalue weighted by Crippen LogP contribution is 2.59. The first-order valence-corrected chi connectivity index (χ1v) is 12.1. The Morgan fingerprint density at radius 3 is 2.53 bits per heavy atom. The van der Waals surface area contributed by atoms with Gasteiger partial charge >= 0.3 is 0 Å². The van der Waals surface area contributed by atoms with E-state index in [4.69, 9.17) is 4.74 Å². The first-order valence-electron chi connectivity index (χ1n) is 12.1. The van der Waals surface area contributed by atoms with Crippen LogP contribution >= 0.6 is 0 Å². The maximum absolute atomic E-state index is 13.1. The number of nitrogens with one attached hydrogen (secondary N) is 1. The van der Waals surface area contributed by atoms with Crippen molar-refractivity contribution < 1.29 is 14.3 Å². The van der Waals surface area contributed by atoms with E-state index in [1.54, 1.807) is 7.11 Å². The Hall–Kier alpha value is -3.19. The molecule has 7 heteroatoms. The summed E-state index contributed by atoms with van der Waals surface area (Å²) < 4.78 is 7.62. The second-order valence-electron chi connectivity index (χ2n) is 9.59. The number of fused-ring (bicyclic) bond motifs is 1. The number of piperidine rings is 1. The second-order valence-corrected chi connectivity index (χ2v) is 9.59. The topological polar surface area (TPSA) is 76.5 Å². The Morgan fingerprint density at radius 1 is 1.12 bits per heavy atom. The minimum atomic E-state index is -0.573. The number of carbonyl (C=O) groups excluding carboxylic acids is 2. The highest BCUT2D eigenvalue weighted by Gasteiger charge is 2.58. The lowest BCUT2D eigenvalue weighted by molar-refractivity contribution is -0.144. The molecule has 2 aliphatic rings. The number of para-hydroxylation sites is 2. The first kappa shape index (κ1) is 22.6. The van der Waals surface area contributed by atoms with E-state index in [0.717, 1.165) is 41.7 Å². The normalized spacial score (nSPS) is 19.8. The summed E-state index contributed by atoms with van der Waals surface area (Å²) in [5.74, 6) is 1.17. The van der Waals surface area contributed by atoms with Crippen molar-refractivity contribution in [2.75, 3.05) is 26.7 Å². The Bertz CT molecular complexity index is 1180. The van der Waals surface area contributed by atoms with Gasteiger partial charge in [-0.15, -0.1) is 0 Å². The third-order valence-corrected chi connectivity index (χ3v) is 7.67. The van der Waals surface area contributed by atoms with Gasteiger partial charge in [-0.2, -0.15) is 0 Å². The summed E-state index contributed by atoms with van der Waals surface area (Å²) in [6.45, 7) is 1.93. The van der Waals surface area contributed by atoms with Gasteiger partial charge in [0.25, 0.3) is 5.91 Å². The molecule has 1 aromatic heterocycles. The SMILES string of the molecule is CO[C@@H](C(=O)N1CCC2(CC1)C[C@H]2C(=O)NCCc1nc2ccccc2n1C)c1ccccc1. The highest BCUT2D eigenvalue weighted by atomic mass is 16.5. The molecular formula is C27H32N4O3. The van der Waals surface area contributed by atoms with E-state index in [1.165, 1.54) is 0 Å². The fourth-order valence-electron chi connectivity index (χ4n) is 5.46. The van der Waals surface area contributed by atoms with Crippen LogP contribution in [0.15, 0.2) is 54.6 Å². The van der Waals surface area contributed by atoms with E-state index >= 15 is 0 Å². The molecular weight excluding hydrogens is 428 g/mol. The standard InChI is InChI=1S/C27H32N4O3/c1-30-22-11-7-6-10-21(22)29-23(30)12-15-28-25(32)20-18-27(20)13-16-31(17-14-27)26(33)24(34-2)19-8-4-3-5-9-19/h3-11,20,24H,12-18H2,1-2H3,(H,28,32)/t20-,24+/m0/s1. The Labute approximate surface area is 200 Å². The highest BCUT2D eigenvalue weighted by molar-refractivity contribution is 5.84. The number of rotatable bonds is 7. The van der Waals surface area contributed by atoms with Crippen LogP contribution in [0.5, 0.6) is 0 Å². The van der Waals surface area contributed by atoms with Gasteiger partial charge < -0.3 is 19.5 Å². The average molecular weight is 461 g/mol. The molecule has 7 nitrogen and oxygen atoms in total. The Kier molecular flexibility index (Phi) is 6.13. The molecule has 0 radical (unpaired) electrons. The van der Waals surface area contributed by atoms with Crippen LogP contribution in [0.25, 0.3) is 11.0 Å². The van der Waals surface area contributed by atoms with Gasteiger partial charge in [0.15, 0.2) is 6.10 Å². The van der Waals surface area contributed by atoms with Gasteiger partial charge in [-0.1, -0.05) is 42.5 Å². The van der Waals surface area contributed by atoms with Crippen molar-refractivity contribution in [2.45, 2.75) is 31.8 Å². The van der Waals surface area contributed by atoms with Gasteiger partial charge in [0.1, 0.15) is 5.82 Å². The molecule has 178 valence electrons. The molecule has 5 rings (SSSR count). The van der Waals surface area contributed by atoms with Gasteiger partial charge in [-0.25, -0.2) is 4.98 Å². The van der Waals surface area contributed by atoms with E-state index in [1.807, 2.05) is 60.5 Å². The summed E-state index contributed by atoms with van der Waals surface area (Å²) in [6.07, 6.45) is 2.78. The van der Waals surface area contributed by atoms with Crippen LogP contribution < -0.4 is 5.32 Å². The molecule has 1 saturated heterocycles. The summed E-state index contributed by atoms with van der Waals surface area (Å²) in [5.41, 5.74) is 3.01. The fraction of sp³-hybridized carbons (Fsp3) is 0.444. The van der Waals surface area contributed by atoms with E-state index in [-0.39, 0.29) is 23.1 Å². The number of methoxy groups -OCH3 is 1. The minimum Gasteiger partial charge on any atom is -0.367 e. The van der Waals surface area contributed by atoms with Crippen LogP contribution in [-0.2, 0) is 27.8 Å². The van der Waals surface area contributed by atoms with Crippen LogP contribution in [0, 0.1) is 11.3 Å². The zero-order valence-corrected chi connectivity index (χ0v) is 19.9. The van der Waals surface area contributed by atoms with E-state index in [0.29, 0.717) is 26.1 Å². The number of hydrogen-bond acceptors (Lipinski definition) is 4. The number of benzene rings is 2. The lowest BCUT2D eigenvalue weighted by atomic mass is 9.90. The average Bonchev–Trinajstić information content (AvgIpc) is 3.47. The summed E-state index contributed by atoms with van der Waals surface area (Å²) in [4.78, 5) is 32.5. The number of imidazole rings is 1. The molecule has 0 unspecified atom stereocenters. The number of amides is 2. The summed E-state index contributed by atoms with van der Waals surface area (Å²) in [5, 5.41) is 3.13. The van der Waals surface area contributed by atoms with Crippen molar-refractivity contribution in [1.82, 2.24) is 19.8 Å². The number of hydrogen-bond donors (Lipinski definition) is 1. The van der Waals surface area contributed by atoms with Crippen LogP contribution in [0.2, 0.25) is 0 Å². The molecule has 2 heterocycles. The third kappa shape index (κ3) is 4.20. The Morgan fingerprint density at radius 2 is 1.82 bits per heavy atom. The van der Waals surface area contributed by atoms with Crippen molar-refractivity contribution in [2.24, 2.45) is 18.4 Å². The number of carbonyl (C=O) groups is 2. The predicted octanol–water partition coefficient (Wildman–Crippen LogP) is 3.25. The maximum atomic E-state index is 13.1. The van der Waals surface area contributed by atoms with Crippen molar-refractivity contribution in [3.8, 4) is 0 Å².